The third-order valence-corrected chi connectivity index (χ3v) is 6.07. The van der Waals surface area contributed by atoms with Gasteiger partial charge < -0.3 is 4.90 Å². The minimum atomic E-state index is 0.0219. The van der Waals surface area contributed by atoms with Crippen molar-refractivity contribution in [2.45, 2.75) is 32.9 Å². The molecule has 1 atom stereocenters. The highest BCUT2D eigenvalue weighted by Gasteiger charge is 2.35. The number of carbonyl (C=O) groups excluding carboxylic acids is 1. The monoisotopic (exact) mass is 369 g/mol. The Morgan fingerprint density at radius 2 is 2.19 bits per heavy atom. The lowest BCUT2D eigenvalue weighted by Gasteiger charge is -2.40. The zero-order valence-electron chi connectivity index (χ0n) is 15.1. The SMILES string of the molecule is CCN(CC)Cc1cnc2c(C(=O)N3CCC3c3cccs3)cnn2c1. The maximum absolute atomic E-state index is 13.0. The molecule has 0 N–H and O–H groups in total. The van der Waals surface area contributed by atoms with Crippen LogP contribution < -0.4 is 0 Å². The Morgan fingerprint density at radius 3 is 2.85 bits per heavy atom. The summed E-state index contributed by atoms with van der Waals surface area (Å²) in [4.78, 5) is 23.0. The molecule has 4 heterocycles. The van der Waals surface area contributed by atoms with Gasteiger partial charge in [-0.25, -0.2) is 9.50 Å². The topological polar surface area (TPSA) is 53.7 Å². The predicted octanol–water partition coefficient (Wildman–Crippen LogP) is 3.22. The minimum absolute atomic E-state index is 0.0219. The molecule has 1 aliphatic heterocycles. The van der Waals surface area contributed by atoms with Gasteiger partial charge >= 0.3 is 0 Å². The predicted molar refractivity (Wildman–Crippen MR) is 102 cm³/mol. The lowest BCUT2D eigenvalue weighted by molar-refractivity contribution is 0.0470. The van der Waals surface area contributed by atoms with Crippen LogP contribution in [-0.4, -0.2) is 49.9 Å². The van der Waals surface area contributed by atoms with E-state index in [2.05, 4.69) is 40.3 Å². The molecule has 1 amide bonds. The molecule has 0 aliphatic carbocycles. The fourth-order valence-corrected chi connectivity index (χ4v) is 4.29. The summed E-state index contributed by atoms with van der Waals surface area (Å²) in [6, 6.07) is 4.33. The van der Waals surface area contributed by atoms with Crippen LogP contribution in [0.4, 0.5) is 0 Å². The lowest BCUT2D eigenvalue weighted by Crippen LogP contribution is -2.44. The molecule has 136 valence electrons. The number of nitrogens with zero attached hydrogens (tertiary/aromatic N) is 5. The maximum Gasteiger partial charge on any atom is 0.259 e. The molecule has 26 heavy (non-hydrogen) atoms. The maximum atomic E-state index is 13.0. The van der Waals surface area contributed by atoms with Gasteiger partial charge in [0.15, 0.2) is 5.65 Å². The van der Waals surface area contributed by atoms with Crippen LogP contribution in [-0.2, 0) is 6.54 Å². The number of thiophene rings is 1. The number of hydrogen-bond acceptors (Lipinski definition) is 5. The molecule has 0 bridgehead atoms. The van der Waals surface area contributed by atoms with E-state index in [9.17, 15) is 4.79 Å². The van der Waals surface area contributed by atoms with Crippen molar-refractivity contribution < 1.29 is 4.79 Å². The zero-order valence-corrected chi connectivity index (χ0v) is 15.9. The molecular formula is C19H23N5OS. The molecule has 7 heteroatoms. The van der Waals surface area contributed by atoms with Crippen LogP contribution in [0.2, 0.25) is 0 Å². The second-order valence-corrected chi connectivity index (χ2v) is 7.55. The third-order valence-electron chi connectivity index (χ3n) is 5.09. The molecule has 1 saturated heterocycles. The summed E-state index contributed by atoms with van der Waals surface area (Å²) in [5, 5.41) is 6.44. The summed E-state index contributed by atoms with van der Waals surface area (Å²) in [5.41, 5.74) is 2.32. The van der Waals surface area contributed by atoms with E-state index in [-0.39, 0.29) is 11.9 Å². The largest absolute Gasteiger partial charge is 0.330 e. The minimum Gasteiger partial charge on any atom is -0.330 e. The number of rotatable bonds is 6. The van der Waals surface area contributed by atoms with Gasteiger partial charge in [-0.1, -0.05) is 19.9 Å². The number of fused-ring (bicyclic) bond motifs is 1. The molecule has 3 aromatic heterocycles. The number of carbonyl (C=O) groups is 1. The summed E-state index contributed by atoms with van der Waals surface area (Å²) >= 11 is 1.71. The Bertz CT molecular complexity index is 900. The smallest absolute Gasteiger partial charge is 0.259 e. The van der Waals surface area contributed by atoms with Gasteiger partial charge in [-0.15, -0.1) is 11.3 Å². The first kappa shape index (κ1) is 17.2. The van der Waals surface area contributed by atoms with E-state index in [1.54, 1.807) is 22.0 Å². The molecule has 6 nitrogen and oxygen atoms in total. The first-order valence-electron chi connectivity index (χ1n) is 9.10. The third kappa shape index (κ3) is 3.01. The van der Waals surface area contributed by atoms with E-state index >= 15 is 0 Å². The van der Waals surface area contributed by atoms with Crippen molar-refractivity contribution in [3.05, 3.63) is 52.1 Å². The summed E-state index contributed by atoms with van der Waals surface area (Å²) in [5.74, 6) is 0.0219. The van der Waals surface area contributed by atoms with Crippen molar-refractivity contribution >= 4 is 22.9 Å². The van der Waals surface area contributed by atoms with Gasteiger partial charge in [-0.3, -0.25) is 9.69 Å². The molecule has 1 fully saturated rings. The summed E-state index contributed by atoms with van der Waals surface area (Å²) in [7, 11) is 0. The van der Waals surface area contributed by atoms with Crippen molar-refractivity contribution in [1.82, 2.24) is 24.4 Å². The van der Waals surface area contributed by atoms with E-state index in [0.717, 1.165) is 38.2 Å². The fourth-order valence-electron chi connectivity index (χ4n) is 3.41. The molecule has 0 saturated carbocycles. The van der Waals surface area contributed by atoms with Gasteiger partial charge in [0.2, 0.25) is 0 Å². The van der Waals surface area contributed by atoms with E-state index in [1.165, 1.54) is 4.88 Å². The molecule has 3 aromatic rings. The summed E-state index contributed by atoms with van der Waals surface area (Å²) in [6.07, 6.45) is 6.51. The average Bonchev–Trinajstić information content (AvgIpc) is 3.28. The Balaban J connectivity index is 1.56. The fraction of sp³-hybridized carbons (Fsp3) is 0.421. The first-order chi connectivity index (χ1) is 12.7. The van der Waals surface area contributed by atoms with Crippen LogP contribution in [0.3, 0.4) is 0 Å². The van der Waals surface area contributed by atoms with Crippen LogP contribution in [0.5, 0.6) is 0 Å². The van der Waals surface area contributed by atoms with Crippen LogP contribution in [0.15, 0.2) is 36.1 Å². The second kappa shape index (κ2) is 7.17. The van der Waals surface area contributed by atoms with Crippen LogP contribution in [0, 0.1) is 0 Å². The van der Waals surface area contributed by atoms with Crippen molar-refractivity contribution in [3.63, 3.8) is 0 Å². The summed E-state index contributed by atoms with van der Waals surface area (Å²) < 4.78 is 1.73. The van der Waals surface area contributed by atoms with Gasteiger partial charge in [0.05, 0.1) is 12.2 Å². The van der Waals surface area contributed by atoms with E-state index in [1.807, 2.05) is 23.4 Å². The highest BCUT2D eigenvalue weighted by atomic mass is 32.1. The van der Waals surface area contributed by atoms with Gasteiger partial charge in [0, 0.05) is 35.9 Å². The molecule has 0 radical (unpaired) electrons. The lowest BCUT2D eigenvalue weighted by atomic mass is 10.0. The highest BCUT2D eigenvalue weighted by Crippen LogP contribution is 2.37. The van der Waals surface area contributed by atoms with Crippen molar-refractivity contribution in [2.24, 2.45) is 0 Å². The van der Waals surface area contributed by atoms with Crippen LogP contribution in [0.25, 0.3) is 5.65 Å². The Morgan fingerprint density at radius 1 is 1.35 bits per heavy atom. The van der Waals surface area contributed by atoms with Gasteiger partial charge in [0.25, 0.3) is 5.91 Å². The van der Waals surface area contributed by atoms with Gasteiger partial charge in [0.1, 0.15) is 5.56 Å². The quantitative estimate of drug-likeness (QED) is 0.669. The van der Waals surface area contributed by atoms with E-state index < -0.39 is 0 Å². The Kier molecular flexibility index (Phi) is 4.74. The molecule has 0 spiro atoms. The molecule has 1 aliphatic rings. The standard InChI is InChI=1S/C19H23N5OS/c1-3-22(4-2)12-14-10-20-18-15(11-21-24(18)13-14)19(25)23-8-7-16(23)17-6-5-9-26-17/h5-6,9-11,13,16H,3-4,7-8,12H2,1-2H3. The number of likely N-dealkylation sites (tertiary alicyclic amines) is 1. The number of aromatic nitrogens is 3. The van der Waals surface area contributed by atoms with Gasteiger partial charge in [-0.05, 0) is 31.0 Å². The first-order valence-corrected chi connectivity index (χ1v) is 9.98. The van der Waals surface area contributed by atoms with Gasteiger partial charge in [-0.2, -0.15) is 5.10 Å². The summed E-state index contributed by atoms with van der Waals surface area (Å²) in [6.45, 7) is 7.92. The number of hydrogen-bond donors (Lipinski definition) is 0. The number of amides is 1. The van der Waals surface area contributed by atoms with Crippen LogP contribution >= 0.6 is 11.3 Å². The molecule has 1 unspecified atom stereocenters. The Labute approximate surface area is 157 Å². The average molecular weight is 369 g/mol. The van der Waals surface area contributed by atoms with Crippen molar-refractivity contribution in [3.8, 4) is 0 Å². The molecule has 4 rings (SSSR count). The normalized spacial score (nSPS) is 17.0. The van der Waals surface area contributed by atoms with E-state index in [4.69, 9.17) is 0 Å². The molecular weight excluding hydrogens is 346 g/mol. The van der Waals surface area contributed by atoms with Crippen molar-refractivity contribution in [1.29, 1.82) is 0 Å². The van der Waals surface area contributed by atoms with Crippen LogP contribution in [0.1, 0.15) is 47.1 Å². The highest BCUT2D eigenvalue weighted by molar-refractivity contribution is 7.10. The second-order valence-electron chi connectivity index (χ2n) is 6.57. The molecule has 0 aromatic carbocycles. The zero-order chi connectivity index (χ0) is 18.1. The Hall–Kier alpha value is -2.25. The van der Waals surface area contributed by atoms with Crippen molar-refractivity contribution in [2.75, 3.05) is 19.6 Å². The van der Waals surface area contributed by atoms with E-state index in [0.29, 0.717) is 11.2 Å².